The molecule has 0 radical (unpaired) electrons. The van der Waals surface area contributed by atoms with E-state index in [1.165, 1.54) is 6.08 Å². The van der Waals surface area contributed by atoms with E-state index in [4.69, 9.17) is 21.8 Å². The van der Waals surface area contributed by atoms with Crippen molar-refractivity contribution in [3.63, 3.8) is 0 Å². The Kier molecular flexibility index (Phi) is 5.31. The van der Waals surface area contributed by atoms with Crippen molar-refractivity contribution in [1.29, 1.82) is 0 Å². The van der Waals surface area contributed by atoms with Crippen molar-refractivity contribution < 1.29 is 18.9 Å². The van der Waals surface area contributed by atoms with Gasteiger partial charge in [-0.05, 0) is 37.1 Å². The number of nitrogens with one attached hydrogen (secondary N) is 2. The molecule has 0 aliphatic carbocycles. The quantitative estimate of drug-likeness (QED) is 0.391. The first kappa shape index (κ1) is 21.1. The molecule has 3 aromatic heterocycles. The summed E-state index contributed by atoms with van der Waals surface area (Å²) < 4.78 is 7.37. The van der Waals surface area contributed by atoms with Crippen LogP contribution in [-0.4, -0.2) is 44.7 Å². The number of quaternary nitrogens is 1. The number of amides is 2. The Hall–Kier alpha value is -3.76. The summed E-state index contributed by atoms with van der Waals surface area (Å²) in [6.07, 6.45) is 4.58. The molecule has 0 bridgehead atoms. The van der Waals surface area contributed by atoms with Crippen LogP contribution in [0.3, 0.4) is 0 Å². The van der Waals surface area contributed by atoms with Gasteiger partial charge < -0.3 is 10.2 Å². The van der Waals surface area contributed by atoms with E-state index in [1.807, 2.05) is 0 Å². The fraction of sp³-hybridized carbons (Fsp3) is 0.227. The molecule has 1 aliphatic rings. The maximum absolute atomic E-state index is 13.2. The number of carbonyl (C=O) groups excluding carboxylic acids is 2. The molecule has 1 aromatic carbocycles. The highest BCUT2D eigenvalue weighted by atomic mass is 35.5. The van der Waals surface area contributed by atoms with Crippen LogP contribution in [0.5, 0.6) is 0 Å². The van der Waals surface area contributed by atoms with Crippen molar-refractivity contribution in [1.82, 2.24) is 19.7 Å². The zero-order valence-electron chi connectivity index (χ0n) is 17.5. The minimum atomic E-state index is -0.529. The second-order valence-corrected chi connectivity index (χ2v) is 8.33. The van der Waals surface area contributed by atoms with Gasteiger partial charge in [0.2, 0.25) is 0 Å². The average molecular weight is 467 g/mol. The highest BCUT2D eigenvalue weighted by Crippen LogP contribution is 2.29. The Labute approximate surface area is 193 Å². The van der Waals surface area contributed by atoms with Crippen LogP contribution in [0.25, 0.3) is 22.0 Å². The van der Waals surface area contributed by atoms with Crippen LogP contribution in [0.2, 0.25) is 5.02 Å². The van der Waals surface area contributed by atoms with Gasteiger partial charge in [-0.3, -0.25) is 19.7 Å². The van der Waals surface area contributed by atoms with Gasteiger partial charge >= 0.3 is 11.9 Å². The Morgan fingerprint density at radius 1 is 1.36 bits per heavy atom. The summed E-state index contributed by atoms with van der Waals surface area (Å²) in [5, 5.41) is 8.20. The second-order valence-electron chi connectivity index (χ2n) is 7.89. The van der Waals surface area contributed by atoms with Gasteiger partial charge in [0.15, 0.2) is 11.3 Å². The van der Waals surface area contributed by atoms with Crippen LogP contribution in [-0.2, 0) is 4.79 Å². The van der Waals surface area contributed by atoms with Gasteiger partial charge in [0.05, 0.1) is 17.4 Å². The van der Waals surface area contributed by atoms with Gasteiger partial charge in [-0.2, -0.15) is 10.1 Å². The molecule has 2 amide bonds. The standard InChI is InChI=1S/C22H20ClN7O3/c1-2-17(31)29-9-3-4-13(11-29)30-15-7-8-25-20(24)18(15)19(28-30)21(32)27-22-26-14-10-12(23)5-6-16(14)33-22/h2,5-8,10,13H,1,3-4,9,11H2,(H2,24,25)(H,26,27,32)/p+1/t13-/m1/s1. The van der Waals surface area contributed by atoms with Gasteiger partial charge in [-0.25, -0.2) is 9.78 Å². The molecule has 1 saturated heterocycles. The molecular weight excluding hydrogens is 446 g/mol. The maximum Gasteiger partial charge on any atom is 0.336 e. The van der Waals surface area contributed by atoms with E-state index in [-0.39, 0.29) is 29.5 Å². The summed E-state index contributed by atoms with van der Waals surface area (Å²) in [6, 6.07) is 6.69. The number of piperidine rings is 1. The Morgan fingerprint density at radius 3 is 3.03 bits per heavy atom. The van der Waals surface area contributed by atoms with Gasteiger partial charge in [-0.1, -0.05) is 18.2 Å². The number of nitrogens with two attached hydrogens (primary N) is 1. The number of oxazole rings is 1. The molecular formula is C22H21ClN7O3+. The van der Waals surface area contributed by atoms with Gasteiger partial charge in [0.1, 0.15) is 23.9 Å². The van der Waals surface area contributed by atoms with Crippen LogP contribution in [0.1, 0.15) is 29.4 Å². The summed E-state index contributed by atoms with van der Waals surface area (Å²) in [7, 11) is 0. The van der Waals surface area contributed by atoms with Gasteiger partial charge in [0, 0.05) is 17.3 Å². The number of rotatable bonds is 4. The number of halogens is 1. The number of hydrogen-bond donors (Lipinski definition) is 3. The van der Waals surface area contributed by atoms with E-state index in [2.05, 4.69) is 27.0 Å². The molecule has 33 heavy (non-hydrogen) atoms. The molecule has 4 heterocycles. The summed E-state index contributed by atoms with van der Waals surface area (Å²) in [4.78, 5) is 34.5. The summed E-state index contributed by atoms with van der Waals surface area (Å²) in [5.41, 5.74) is 7.93. The van der Waals surface area contributed by atoms with Crippen LogP contribution < -0.4 is 16.0 Å². The largest absolute Gasteiger partial charge is 0.423 e. The van der Waals surface area contributed by atoms with E-state index in [9.17, 15) is 9.59 Å². The summed E-state index contributed by atoms with van der Waals surface area (Å²) in [6.45, 7) is 4.86. The average Bonchev–Trinajstić information content (AvgIpc) is 3.40. The predicted octanol–water partition coefficient (Wildman–Crippen LogP) is 1.99. The lowest BCUT2D eigenvalue weighted by molar-refractivity contribution is -0.826. The summed E-state index contributed by atoms with van der Waals surface area (Å²) in [5.74, 6) is -0.389. The lowest BCUT2D eigenvalue weighted by atomic mass is 10.1. The third kappa shape index (κ3) is 3.83. The number of anilines is 2. The highest BCUT2D eigenvalue weighted by Gasteiger charge is 2.31. The highest BCUT2D eigenvalue weighted by molar-refractivity contribution is 6.31. The number of carbonyl (C=O) groups is 2. The SMILES string of the molecule is C=CC(=O)[NH+]1CCC[C@@H](n2nc(C(=O)Nc3nc4cc(Cl)ccc4o3)c3c(N)nccc32)C1. The van der Waals surface area contributed by atoms with Gasteiger partial charge in [-0.15, -0.1) is 0 Å². The lowest BCUT2D eigenvalue weighted by Crippen LogP contribution is -3.15. The first-order valence-electron chi connectivity index (χ1n) is 10.5. The third-order valence-electron chi connectivity index (χ3n) is 5.81. The Morgan fingerprint density at radius 2 is 2.21 bits per heavy atom. The third-order valence-corrected chi connectivity index (χ3v) is 6.05. The normalized spacial score (nSPS) is 18.5. The fourth-order valence-corrected chi connectivity index (χ4v) is 4.44. The lowest BCUT2D eigenvalue weighted by Gasteiger charge is -2.28. The molecule has 10 nitrogen and oxygen atoms in total. The molecule has 168 valence electrons. The van der Waals surface area contributed by atoms with E-state index in [0.717, 1.165) is 24.3 Å². The minimum Gasteiger partial charge on any atom is -0.423 e. The van der Waals surface area contributed by atoms with E-state index >= 15 is 0 Å². The molecule has 11 heteroatoms. The Bertz CT molecular complexity index is 1410. The van der Waals surface area contributed by atoms with E-state index in [0.29, 0.717) is 33.6 Å². The Balaban J connectivity index is 1.50. The van der Waals surface area contributed by atoms with Gasteiger partial charge in [0.25, 0.3) is 5.91 Å². The predicted molar refractivity (Wildman–Crippen MR) is 123 cm³/mol. The van der Waals surface area contributed by atoms with Crippen LogP contribution in [0.15, 0.2) is 47.5 Å². The fourth-order valence-electron chi connectivity index (χ4n) is 4.28. The molecule has 5 rings (SSSR count). The number of hydrogen-bond acceptors (Lipinski definition) is 7. The van der Waals surface area contributed by atoms with Crippen LogP contribution in [0, 0.1) is 0 Å². The molecule has 1 unspecified atom stereocenters. The first-order valence-corrected chi connectivity index (χ1v) is 10.8. The van der Waals surface area contributed by atoms with Crippen molar-refractivity contribution in [2.45, 2.75) is 18.9 Å². The zero-order valence-corrected chi connectivity index (χ0v) is 18.3. The number of benzene rings is 1. The molecule has 1 fully saturated rings. The molecule has 2 atom stereocenters. The van der Waals surface area contributed by atoms with E-state index < -0.39 is 5.91 Å². The van der Waals surface area contributed by atoms with Crippen molar-refractivity contribution in [2.24, 2.45) is 0 Å². The number of pyridine rings is 1. The molecule has 1 aliphatic heterocycles. The van der Waals surface area contributed by atoms with Crippen molar-refractivity contribution in [3.05, 3.63) is 53.8 Å². The first-order chi connectivity index (χ1) is 15.9. The van der Waals surface area contributed by atoms with Crippen molar-refractivity contribution in [2.75, 3.05) is 24.1 Å². The monoisotopic (exact) mass is 466 g/mol. The maximum atomic E-state index is 13.2. The van der Waals surface area contributed by atoms with E-state index in [1.54, 1.807) is 35.1 Å². The molecule has 0 spiro atoms. The molecule has 0 saturated carbocycles. The smallest absolute Gasteiger partial charge is 0.336 e. The topological polar surface area (TPSA) is 133 Å². The summed E-state index contributed by atoms with van der Waals surface area (Å²) >= 11 is 6.00. The van der Waals surface area contributed by atoms with Crippen LogP contribution >= 0.6 is 11.6 Å². The second kappa shape index (κ2) is 8.30. The number of aromatic nitrogens is 4. The number of nitrogen functional groups attached to an aromatic ring is 1. The molecule has 4 aromatic rings. The number of likely N-dealkylation sites (tertiary alicyclic amines) is 1. The zero-order chi connectivity index (χ0) is 23.1. The minimum absolute atomic E-state index is 0.0206. The van der Waals surface area contributed by atoms with Crippen molar-refractivity contribution >= 4 is 57.3 Å². The number of nitrogens with zero attached hydrogens (tertiary/aromatic N) is 4. The van der Waals surface area contributed by atoms with Crippen molar-refractivity contribution in [3.8, 4) is 0 Å². The van der Waals surface area contributed by atoms with Crippen LogP contribution in [0.4, 0.5) is 11.8 Å². The molecule has 4 N–H and O–H groups in total. The number of fused-ring (bicyclic) bond motifs is 2.